The average molecular weight is 121 g/mol. The van der Waals surface area contributed by atoms with E-state index in [1.165, 1.54) is 0 Å². The number of nitrogens with zero attached hydrogens (tertiary/aromatic N) is 1. The van der Waals surface area contributed by atoms with Gasteiger partial charge in [-0.2, -0.15) is 5.26 Å². The molecule has 0 saturated heterocycles. The topological polar surface area (TPSA) is 36.9 Å². The number of rotatable bonds is 0. The van der Waals surface area contributed by atoms with Crippen LogP contribution in [0.1, 0.15) is 17.1 Å². The molecule has 0 spiro atoms. The highest BCUT2D eigenvalue weighted by molar-refractivity contribution is 5.28. The van der Waals surface area contributed by atoms with Crippen LogP contribution in [-0.4, -0.2) is 0 Å². The normalized spacial score (nSPS) is 9.00. The van der Waals surface area contributed by atoms with Gasteiger partial charge in [0, 0.05) is 5.56 Å². The molecule has 0 atom stereocenters. The van der Waals surface area contributed by atoms with Gasteiger partial charge in [0.05, 0.1) is 0 Å². The first kappa shape index (κ1) is 5.90. The average Bonchev–Trinajstić information content (AvgIpc) is 2.10. The van der Waals surface area contributed by atoms with Gasteiger partial charge in [0.15, 0.2) is 0 Å². The number of nitriles is 1. The zero-order chi connectivity index (χ0) is 6.85. The molecule has 9 heavy (non-hydrogen) atoms. The molecule has 0 aliphatic heterocycles. The van der Waals surface area contributed by atoms with Gasteiger partial charge >= 0.3 is 0 Å². The molecule has 46 valence electrons. The smallest absolute Gasteiger partial charge is 0.206 e. The molecular formula is C7H7NO. The van der Waals surface area contributed by atoms with Crippen LogP contribution >= 0.6 is 0 Å². The summed E-state index contributed by atoms with van der Waals surface area (Å²) in [4.78, 5) is 0. The van der Waals surface area contributed by atoms with Crippen molar-refractivity contribution in [2.45, 2.75) is 13.8 Å². The molecule has 0 aliphatic carbocycles. The van der Waals surface area contributed by atoms with Gasteiger partial charge in [-0.05, 0) is 19.9 Å². The fourth-order valence-corrected chi connectivity index (χ4v) is 0.752. The van der Waals surface area contributed by atoms with E-state index in [4.69, 9.17) is 9.68 Å². The third kappa shape index (κ3) is 0.945. The molecule has 1 heterocycles. The van der Waals surface area contributed by atoms with Crippen molar-refractivity contribution in [3.8, 4) is 6.07 Å². The molecule has 0 fully saturated rings. The minimum Gasteiger partial charge on any atom is -0.451 e. The monoisotopic (exact) mass is 121 g/mol. The summed E-state index contributed by atoms with van der Waals surface area (Å²) in [5, 5.41) is 8.39. The lowest BCUT2D eigenvalue weighted by atomic mass is 10.3. The van der Waals surface area contributed by atoms with Crippen molar-refractivity contribution in [2.24, 2.45) is 0 Å². The Hall–Kier alpha value is -1.23. The number of aryl methyl sites for hydroxylation is 2. The molecule has 0 radical (unpaired) electrons. The molecule has 1 rings (SSSR count). The summed E-state index contributed by atoms with van der Waals surface area (Å²) in [6.07, 6.45) is 0. The highest BCUT2D eigenvalue weighted by atomic mass is 16.3. The van der Waals surface area contributed by atoms with E-state index >= 15 is 0 Å². The van der Waals surface area contributed by atoms with Crippen molar-refractivity contribution in [3.63, 3.8) is 0 Å². The van der Waals surface area contributed by atoms with Crippen molar-refractivity contribution in [1.82, 2.24) is 0 Å². The Kier molecular flexibility index (Phi) is 1.27. The van der Waals surface area contributed by atoms with Crippen molar-refractivity contribution in [1.29, 1.82) is 5.26 Å². The van der Waals surface area contributed by atoms with Crippen molar-refractivity contribution >= 4 is 0 Å². The van der Waals surface area contributed by atoms with Crippen LogP contribution in [-0.2, 0) is 0 Å². The van der Waals surface area contributed by atoms with Crippen molar-refractivity contribution in [3.05, 3.63) is 23.2 Å². The molecule has 0 amide bonds. The van der Waals surface area contributed by atoms with Crippen LogP contribution in [0.25, 0.3) is 0 Å². The number of furan rings is 1. The van der Waals surface area contributed by atoms with Gasteiger partial charge in [0.1, 0.15) is 11.8 Å². The van der Waals surface area contributed by atoms with E-state index in [9.17, 15) is 0 Å². The molecule has 0 aromatic carbocycles. The molecule has 0 aliphatic rings. The molecule has 0 bridgehead atoms. The van der Waals surface area contributed by atoms with E-state index in [1.807, 2.05) is 26.0 Å². The molecule has 1 aromatic rings. The molecule has 0 N–H and O–H groups in total. The van der Waals surface area contributed by atoms with E-state index in [2.05, 4.69) is 0 Å². The second-order valence-corrected chi connectivity index (χ2v) is 1.98. The maximum atomic E-state index is 8.39. The highest BCUT2D eigenvalue weighted by Crippen LogP contribution is 2.11. The summed E-state index contributed by atoms with van der Waals surface area (Å²) in [5.74, 6) is 1.22. The van der Waals surface area contributed by atoms with Crippen molar-refractivity contribution < 1.29 is 4.42 Å². The van der Waals surface area contributed by atoms with E-state index < -0.39 is 0 Å². The molecule has 0 saturated carbocycles. The summed E-state index contributed by atoms with van der Waals surface area (Å²) in [6, 6.07) is 3.80. The molecular weight excluding hydrogens is 114 g/mol. The van der Waals surface area contributed by atoms with Gasteiger partial charge in [0.25, 0.3) is 0 Å². The molecule has 0 unspecified atom stereocenters. The third-order valence-electron chi connectivity index (χ3n) is 1.14. The van der Waals surface area contributed by atoms with E-state index in [-0.39, 0.29) is 0 Å². The van der Waals surface area contributed by atoms with Crippen LogP contribution in [0.3, 0.4) is 0 Å². The first-order valence-corrected chi connectivity index (χ1v) is 2.71. The second kappa shape index (κ2) is 1.94. The quantitative estimate of drug-likeness (QED) is 0.524. The zero-order valence-electron chi connectivity index (χ0n) is 5.43. The highest BCUT2D eigenvalue weighted by Gasteiger charge is 2.00. The maximum absolute atomic E-state index is 8.39. The summed E-state index contributed by atoms with van der Waals surface area (Å²) in [6.45, 7) is 3.68. The van der Waals surface area contributed by atoms with Gasteiger partial charge < -0.3 is 4.42 Å². The summed E-state index contributed by atoms with van der Waals surface area (Å²) >= 11 is 0. The Balaban J connectivity index is 3.20. The Morgan fingerprint density at radius 3 is 2.44 bits per heavy atom. The van der Waals surface area contributed by atoms with Crippen molar-refractivity contribution in [2.75, 3.05) is 0 Å². The minimum absolute atomic E-state index is 0.424. The van der Waals surface area contributed by atoms with Gasteiger partial charge in [-0.25, -0.2) is 0 Å². The van der Waals surface area contributed by atoms with Crippen LogP contribution in [0, 0.1) is 25.2 Å². The first-order valence-electron chi connectivity index (χ1n) is 2.71. The fraction of sp³-hybridized carbons (Fsp3) is 0.286. The van der Waals surface area contributed by atoms with E-state index in [0.29, 0.717) is 5.76 Å². The minimum atomic E-state index is 0.424. The van der Waals surface area contributed by atoms with E-state index in [1.54, 1.807) is 0 Å². The van der Waals surface area contributed by atoms with Gasteiger partial charge in [0.2, 0.25) is 5.76 Å². The molecule has 2 heteroatoms. The van der Waals surface area contributed by atoms with Crippen LogP contribution < -0.4 is 0 Å². The van der Waals surface area contributed by atoms with Crippen LogP contribution in [0.4, 0.5) is 0 Å². The molecule has 1 aromatic heterocycles. The first-order chi connectivity index (χ1) is 4.24. The second-order valence-electron chi connectivity index (χ2n) is 1.98. The third-order valence-corrected chi connectivity index (χ3v) is 1.14. The maximum Gasteiger partial charge on any atom is 0.206 e. The van der Waals surface area contributed by atoms with E-state index in [0.717, 1.165) is 11.3 Å². The summed E-state index contributed by atoms with van der Waals surface area (Å²) < 4.78 is 5.00. The fourth-order valence-electron chi connectivity index (χ4n) is 0.752. The lowest BCUT2D eigenvalue weighted by Gasteiger charge is -1.77. The summed E-state index contributed by atoms with van der Waals surface area (Å²) in [7, 11) is 0. The Morgan fingerprint density at radius 1 is 1.56 bits per heavy atom. The lowest BCUT2D eigenvalue weighted by Crippen LogP contribution is -1.67. The van der Waals surface area contributed by atoms with Crippen LogP contribution in [0.15, 0.2) is 10.5 Å². The van der Waals surface area contributed by atoms with Crippen LogP contribution in [0.2, 0.25) is 0 Å². The Morgan fingerprint density at radius 2 is 2.22 bits per heavy atom. The van der Waals surface area contributed by atoms with Gasteiger partial charge in [-0.3, -0.25) is 0 Å². The largest absolute Gasteiger partial charge is 0.451 e. The van der Waals surface area contributed by atoms with Gasteiger partial charge in [-0.15, -0.1) is 0 Å². The Labute approximate surface area is 53.7 Å². The number of hydrogen-bond acceptors (Lipinski definition) is 2. The predicted molar refractivity (Wildman–Crippen MR) is 32.9 cm³/mol. The number of hydrogen-bond donors (Lipinski definition) is 0. The predicted octanol–water partition coefficient (Wildman–Crippen LogP) is 1.77. The molecule has 2 nitrogen and oxygen atoms in total. The zero-order valence-corrected chi connectivity index (χ0v) is 5.43. The standard InChI is InChI=1S/C7H7NO/c1-5-3-6(2)9-7(5)4-8/h3H,1-2H3. The van der Waals surface area contributed by atoms with Crippen LogP contribution in [0.5, 0.6) is 0 Å². The Bertz CT molecular complexity index is 254. The van der Waals surface area contributed by atoms with Gasteiger partial charge in [-0.1, -0.05) is 0 Å². The SMILES string of the molecule is Cc1cc(C)c(C#N)o1. The summed E-state index contributed by atoms with van der Waals surface area (Å²) in [5.41, 5.74) is 0.912. The lowest BCUT2D eigenvalue weighted by molar-refractivity contribution is 0.519.